The summed E-state index contributed by atoms with van der Waals surface area (Å²) in [4.78, 5) is 22.1. The molecule has 4 rings (SSSR count). The number of hydrogen-bond donors (Lipinski definition) is 3. The molecule has 1 aliphatic heterocycles. The number of nitrogens with one attached hydrogen (secondary N) is 2. The summed E-state index contributed by atoms with van der Waals surface area (Å²) in [6.07, 6.45) is 4.94. The maximum absolute atomic E-state index is 12.6. The number of aliphatic hydroxyl groups is 1. The molecule has 0 aliphatic carbocycles. The number of carbonyl (C=O) groups excluding carboxylic acids is 1. The zero-order chi connectivity index (χ0) is 17.9. The van der Waals surface area contributed by atoms with E-state index in [1.807, 2.05) is 30.3 Å². The fourth-order valence-electron chi connectivity index (χ4n) is 3.39. The van der Waals surface area contributed by atoms with Crippen molar-refractivity contribution in [1.29, 1.82) is 0 Å². The fourth-order valence-corrected chi connectivity index (χ4v) is 3.39. The smallest absolute Gasteiger partial charge is 0.256 e. The van der Waals surface area contributed by atoms with Gasteiger partial charge in [-0.2, -0.15) is 0 Å². The Bertz CT molecular complexity index is 896. The number of rotatable bonds is 4. The number of H-pyrrole nitrogens is 1. The topological polar surface area (TPSA) is 81.2 Å². The van der Waals surface area contributed by atoms with Gasteiger partial charge >= 0.3 is 0 Å². The number of benzene rings is 1. The lowest BCUT2D eigenvalue weighted by molar-refractivity contribution is 0.0792. The molecule has 0 saturated carbocycles. The van der Waals surface area contributed by atoms with Crippen LogP contribution < -0.4 is 5.32 Å². The van der Waals surface area contributed by atoms with Gasteiger partial charge in [-0.25, -0.2) is 4.98 Å². The van der Waals surface area contributed by atoms with E-state index in [1.54, 1.807) is 18.5 Å². The van der Waals surface area contributed by atoms with E-state index in [1.165, 1.54) is 5.56 Å². The number of pyridine rings is 1. The van der Waals surface area contributed by atoms with Crippen LogP contribution in [0.25, 0.3) is 11.0 Å². The van der Waals surface area contributed by atoms with Crippen LogP contribution >= 0.6 is 0 Å². The molecule has 1 aromatic carbocycles. The van der Waals surface area contributed by atoms with Crippen LogP contribution in [-0.2, 0) is 6.54 Å². The van der Waals surface area contributed by atoms with Crippen molar-refractivity contribution < 1.29 is 9.90 Å². The predicted molar refractivity (Wildman–Crippen MR) is 101 cm³/mol. The zero-order valence-corrected chi connectivity index (χ0v) is 14.5. The first-order chi connectivity index (χ1) is 12.7. The Balaban J connectivity index is 1.41. The number of hydrogen-bond acceptors (Lipinski definition) is 4. The first-order valence-corrected chi connectivity index (χ1v) is 8.92. The molecule has 1 aliphatic rings. The van der Waals surface area contributed by atoms with Crippen LogP contribution in [0.4, 0.5) is 5.69 Å². The van der Waals surface area contributed by atoms with E-state index < -0.39 is 0 Å². The van der Waals surface area contributed by atoms with Gasteiger partial charge in [-0.05, 0) is 42.7 Å². The van der Waals surface area contributed by atoms with Gasteiger partial charge < -0.3 is 15.4 Å². The molecule has 1 amide bonds. The highest BCUT2D eigenvalue weighted by Gasteiger charge is 2.17. The van der Waals surface area contributed by atoms with Crippen molar-refractivity contribution in [2.75, 3.05) is 18.4 Å². The average Bonchev–Trinajstić information content (AvgIpc) is 3.14. The van der Waals surface area contributed by atoms with Crippen molar-refractivity contribution in [3.63, 3.8) is 0 Å². The second-order valence-corrected chi connectivity index (χ2v) is 6.76. The number of anilines is 1. The molecule has 2 aromatic heterocycles. The summed E-state index contributed by atoms with van der Waals surface area (Å²) in [6.45, 7) is 2.72. The molecule has 0 unspecified atom stereocenters. The van der Waals surface area contributed by atoms with Gasteiger partial charge in [-0.3, -0.25) is 9.69 Å². The standard InChI is InChI=1S/C20H22N4O2/c25-16-7-11-24(12-8-16)13-14-1-3-15(4-2-14)23-20(26)18-6-10-22-19-17(18)5-9-21-19/h1-6,9-10,16,25H,7-8,11-13H2,(H,21,22)(H,23,26). The Morgan fingerprint density at radius 3 is 2.73 bits per heavy atom. The van der Waals surface area contributed by atoms with Crippen molar-refractivity contribution in [2.45, 2.75) is 25.5 Å². The molecule has 1 saturated heterocycles. The Morgan fingerprint density at radius 2 is 1.96 bits per heavy atom. The second-order valence-electron chi connectivity index (χ2n) is 6.76. The summed E-state index contributed by atoms with van der Waals surface area (Å²) >= 11 is 0. The molecule has 3 aromatic rings. The number of aromatic nitrogens is 2. The fraction of sp³-hybridized carbons (Fsp3) is 0.300. The maximum atomic E-state index is 12.6. The minimum absolute atomic E-state index is 0.144. The van der Waals surface area contributed by atoms with Crippen molar-refractivity contribution in [1.82, 2.24) is 14.9 Å². The first-order valence-electron chi connectivity index (χ1n) is 8.92. The lowest BCUT2D eigenvalue weighted by Crippen LogP contribution is -2.35. The molecule has 1 fully saturated rings. The number of nitrogens with zero attached hydrogens (tertiary/aromatic N) is 2. The van der Waals surface area contributed by atoms with Crippen molar-refractivity contribution >= 4 is 22.6 Å². The summed E-state index contributed by atoms with van der Waals surface area (Å²) < 4.78 is 0. The van der Waals surface area contributed by atoms with E-state index >= 15 is 0 Å². The van der Waals surface area contributed by atoms with Gasteiger partial charge in [0, 0.05) is 43.1 Å². The maximum Gasteiger partial charge on any atom is 0.256 e. The van der Waals surface area contributed by atoms with Gasteiger partial charge in [0.2, 0.25) is 0 Å². The van der Waals surface area contributed by atoms with E-state index in [9.17, 15) is 9.90 Å². The number of aromatic amines is 1. The summed E-state index contributed by atoms with van der Waals surface area (Å²) in [7, 11) is 0. The van der Waals surface area contributed by atoms with Crippen LogP contribution in [0.15, 0.2) is 48.8 Å². The van der Waals surface area contributed by atoms with Gasteiger partial charge in [0.25, 0.3) is 5.91 Å². The number of amides is 1. The van der Waals surface area contributed by atoms with Gasteiger partial charge in [0.05, 0.1) is 11.7 Å². The highest BCUT2D eigenvalue weighted by molar-refractivity contribution is 6.11. The molecule has 26 heavy (non-hydrogen) atoms. The molecule has 6 heteroatoms. The van der Waals surface area contributed by atoms with Crippen molar-refractivity contribution in [3.8, 4) is 0 Å². The van der Waals surface area contributed by atoms with Crippen LogP contribution in [0.2, 0.25) is 0 Å². The number of aliphatic hydroxyl groups excluding tert-OH is 1. The highest BCUT2D eigenvalue weighted by Crippen LogP contribution is 2.19. The van der Waals surface area contributed by atoms with Crippen LogP contribution in [0.1, 0.15) is 28.8 Å². The Kier molecular flexibility index (Phi) is 4.69. The largest absolute Gasteiger partial charge is 0.393 e. The average molecular weight is 350 g/mol. The van der Waals surface area contributed by atoms with E-state index in [0.29, 0.717) is 11.2 Å². The summed E-state index contributed by atoms with van der Waals surface area (Å²) in [5.74, 6) is -0.144. The Hall–Kier alpha value is -2.70. The van der Waals surface area contributed by atoms with Gasteiger partial charge in [-0.15, -0.1) is 0 Å². The quantitative estimate of drug-likeness (QED) is 0.676. The monoisotopic (exact) mass is 350 g/mol. The van der Waals surface area contributed by atoms with E-state index in [-0.39, 0.29) is 12.0 Å². The predicted octanol–water partition coefficient (Wildman–Crippen LogP) is 2.77. The molecule has 3 heterocycles. The van der Waals surface area contributed by atoms with E-state index in [4.69, 9.17) is 0 Å². The Labute approximate surface area is 151 Å². The number of fused-ring (bicyclic) bond motifs is 1. The lowest BCUT2D eigenvalue weighted by Gasteiger charge is -2.29. The minimum atomic E-state index is -0.150. The third-order valence-electron chi connectivity index (χ3n) is 4.88. The third-order valence-corrected chi connectivity index (χ3v) is 4.88. The number of likely N-dealkylation sites (tertiary alicyclic amines) is 1. The molecule has 0 radical (unpaired) electrons. The first kappa shape index (κ1) is 16.8. The number of piperidine rings is 1. The van der Waals surface area contributed by atoms with Crippen molar-refractivity contribution in [3.05, 3.63) is 59.9 Å². The molecule has 0 spiro atoms. The third kappa shape index (κ3) is 3.61. The SMILES string of the molecule is O=C(Nc1ccc(CN2CCC(O)CC2)cc1)c1ccnc2[nH]ccc12. The molecule has 6 nitrogen and oxygen atoms in total. The number of carbonyl (C=O) groups is 1. The second kappa shape index (κ2) is 7.27. The Morgan fingerprint density at radius 1 is 1.19 bits per heavy atom. The molecule has 134 valence electrons. The zero-order valence-electron chi connectivity index (χ0n) is 14.5. The summed E-state index contributed by atoms with van der Waals surface area (Å²) in [5, 5.41) is 13.4. The highest BCUT2D eigenvalue weighted by atomic mass is 16.3. The van der Waals surface area contributed by atoms with Gasteiger partial charge in [0.15, 0.2) is 0 Å². The van der Waals surface area contributed by atoms with E-state index in [2.05, 4.69) is 20.2 Å². The summed E-state index contributed by atoms with van der Waals surface area (Å²) in [5.41, 5.74) is 3.29. The van der Waals surface area contributed by atoms with Crippen LogP contribution in [0, 0.1) is 0 Å². The van der Waals surface area contributed by atoms with Gasteiger partial charge in [-0.1, -0.05) is 12.1 Å². The molecule has 3 N–H and O–H groups in total. The van der Waals surface area contributed by atoms with Crippen molar-refractivity contribution in [2.24, 2.45) is 0 Å². The van der Waals surface area contributed by atoms with Crippen LogP contribution in [0.5, 0.6) is 0 Å². The minimum Gasteiger partial charge on any atom is -0.393 e. The summed E-state index contributed by atoms with van der Waals surface area (Å²) in [6, 6.07) is 11.5. The van der Waals surface area contributed by atoms with Crippen LogP contribution in [0.3, 0.4) is 0 Å². The van der Waals surface area contributed by atoms with Crippen LogP contribution in [-0.4, -0.2) is 45.1 Å². The molecular weight excluding hydrogens is 328 g/mol. The molecular formula is C20H22N4O2. The lowest BCUT2D eigenvalue weighted by atomic mass is 10.1. The molecule has 0 bridgehead atoms. The normalized spacial score (nSPS) is 16.0. The molecule has 0 atom stereocenters. The van der Waals surface area contributed by atoms with E-state index in [0.717, 1.165) is 43.5 Å². The van der Waals surface area contributed by atoms with Gasteiger partial charge in [0.1, 0.15) is 5.65 Å².